The first-order valence-electron chi connectivity index (χ1n) is 10.8. The van der Waals surface area contributed by atoms with E-state index >= 15 is 0 Å². The lowest BCUT2D eigenvalue weighted by atomic mass is 10.0. The zero-order valence-corrected chi connectivity index (χ0v) is 17.2. The van der Waals surface area contributed by atoms with E-state index in [4.69, 9.17) is 6.42 Å². The summed E-state index contributed by atoms with van der Waals surface area (Å²) in [4.78, 5) is 0. The van der Waals surface area contributed by atoms with Crippen molar-refractivity contribution in [2.45, 2.75) is 19.3 Å². The maximum atomic E-state index is 5.76. The van der Waals surface area contributed by atoms with Crippen molar-refractivity contribution in [2.24, 2.45) is 0 Å². The van der Waals surface area contributed by atoms with E-state index in [1.54, 1.807) is 0 Å². The highest BCUT2D eigenvalue weighted by Gasteiger charge is 2.22. The Morgan fingerprint density at radius 1 is 0.733 bits per heavy atom. The third kappa shape index (κ3) is 3.43. The minimum Gasteiger partial charge on any atom is -0.305 e. The molecular formula is C28H26N2. The van der Waals surface area contributed by atoms with Crippen LogP contribution in [-0.4, -0.2) is 24.6 Å². The number of terminal acetylenes is 1. The van der Waals surface area contributed by atoms with Crippen molar-refractivity contribution < 1.29 is 0 Å². The SMILES string of the molecule is C#Cc1ccc(N2CCCCN2CCc2cccc3ccccc23)c2ccccc12. The molecule has 0 saturated carbocycles. The average molecular weight is 391 g/mol. The molecule has 0 aromatic heterocycles. The van der Waals surface area contributed by atoms with E-state index in [1.165, 1.54) is 40.3 Å². The Kier molecular flexibility index (Phi) is 5.13. The van der Waals surface area contributed by atoms with Crippen LogP contribution in [0.15, 0.2) is 78.9 Å². The Morgan fingerprint density at radius 3 is 2.33 bits per heavy atom. The fraction of sp³-hybridized carbons (Fsp3) is 0.214. The molecule has 2 heteroatoms. The number of benzene rings is 4. The molecule has 1 saturated heterocycles. The molecule has 0 amide bonds. The Hall–Kier alpha value is -3.28. The molecule has 2 nitrogen and oxygen atoms in total. The predicted octanol–water partition coefficient (Wildman–Crippen LogP) is 6.03. The lowest BCUT2D eigenvalue weighted by molar-refractivity contribution is 0.216. The Labute approximate surface area is 178 Å². The summed E-state index contributed by atoms with van der Waals surface area (Å²) in [6.45, 7) is 3.16. The van der Waals surface area contributed by atoms with Gasteiger partial charge in [-0.1, -0.05) is 72.7 Å². The van der Waals surface area contributed by atoms with E-state index in [0.717, 1.165) is 37.0 Å². The standard InChI is InChI=1S/C28H26N2/c1-2-22-16-17-28(27-15-6-5-14-26(22)27)30-20-8-7-19-29(30)21-18-24-12-9-11-23-10-3-4-13-25(23)24/h1,3-6,9-17H,7-8,18-21H2. The second-order valence-electron chi connectivity index (χ2n) is 7.99. The second-order valence-corrected chi connectivity index (χ2v) is 7.99. The first-order valence-corrected chi connectivity index (χ1v) is 10.8. The van der Waals surface area contributed by atoms with Crippen LogP contribution in [0.4, 0.5) is 5.69 Å². The molecule has 148 valence electrons. The maximum absolute atomic E-state index is 5.76. The highest BCUT2D eigenvalue weighted by atomic mass is 15.6. The van der Waals surface area contributed by atoms with Crippen LogP contribution >= 0.6 is 0 Å². The summed E-state index contributed by atoms with van der Waals surface area (Å²) in [7, 11) is 0. The molecule has 1 heterocycles. The normalized spacial score (nSPS) is 14.8. The molecule has 0 spiro atoms. The summed E-state index contributed by atoms with van der Waals surface area (Å²) in [5, 5.41) is 10.1. The van der Waals surface area contributed by atoms with Crippen molar-refractivity contribution in [3.05, 3.63) is 90.0 Å². The van der Waals surface area contributed by atoms with Crippen molar-refractivity contribution in [1.29, 1.82) is 0 Å². The fourth-order valence-corrected chi connectivity index (χ4v) is 4.72. The Morgan fingerprint density at radius 2 is 1.47 bits per heavy atom. The van der Waals surface area contributed by atoms with E-state index < -0.39 is 0 Å². The van der Waals surface area contributed by atoms with Gasteiger partial charge in [-0.25, -0.2) is 5.01 Å². The minimum absolute atomic E-state index is 0.966. The van der Waals surface area contributed by atoms with Gasteiger partial charge in [-0.05, 0) is 53.1 Å². The molecular weight excluding hydrogens is 364 g/mol. The van der Waals surface area contributed by atoms with Crippen molar-refractivity contribution in [2.75, 3.05) is 24.6 Å². The molecule has 1 fully saturated rings. The molecule has 0 N–H and O–H groups in total. The van der Waals surface area contributed by atoms with Crippen molar-refractivity contribution in [3.8, 4) is 12.3 Å². The molecule has 0 atom stereocenters. The molecule has 0 unspecified atom stereocenters. The topological polar surface area (TPSA) is 6.48 Å². The monoisotopic (exact) mass is 390 g/mol. The summed E-state index contributed by atoms with van der Waals surface area (Å²) in [5.41, 5.74) is 3.65. The van der Waals surface area contributed by atoms with Crippen LogP contribution in [0, 0.1) is 12.3 Å². The van der Waals surface area contributed by atoms with Crippen LogP contribution < -0.4 is 5.01 Å². The van der Waals surface area contributed by atoms with Crippen molar-refractivity contribution >= 4 is 27.2 Å². The predicted molar refractivity (Wildman–Crippen MR) is 128 cm³/mol. The molecule has 1 aliphatic heterocycles. The summed E-state index contributed by atoms with van der Waals surface area (Å²) in [5.74, 6) is 2.84. The average Bonchev–Trinajstić information content (AvgIpc) is 2.82. The van der Waals surface area contributed by atoms with Gasteiger partial charge < -0.3 is 5.01 Å². The van der Waals surface area contributed by atoms with Gasteiger partial charge in [-0.3, -0.25) is 0 Å². The smallest absolute Gasteiger partial charge is 0.0601 e. The Bertz CT molecular complexity index is 1230. The number of rotatable bonds is 4. The number of anilines is 1. The van der Waals surface area contributed by atoms with Crippen molar-refractivity contribution in [1.82, 2.24) is 5.01 Å². The van der Waals surface area contributed by atoms with E-state index in [-0.39, 0.29) is 0 Å². The van der Waals surface area contributed by atoms with Crippen LogP contribution in [-0.2, 0) is 6.42 Å². The highest BCUT2D eigenvalue weighted by Crippen LogP contribution is 2.32. The lowest BCUT2D eigenvalue weighted by Crippen LogP contribution is -2.48. The van der Waals surface area contributed by atoms with Gasteiger partial charge in [-0.15, -0.1) is 6.42 Å². The van der Waals surface area contributed by atoms with E-state index in [9.17, 15) is 0 Å². The van der Waals surface area contributed by atoms with Gasteiger partial charge in [0.15, 0.2) is 0 Å². The molecule has 4 aromatic rings. The van der Waals surface area contributed by atoms with Crippen LogP contribution in [0.5, 0.6) is 0 Å². The summed E-state index contributed by atoms with van der Waals surface area (Å²) in [6, 6.07) is 28.1. The van der Waals surface area contributed by atoms with Gasteiger partial charge >= 0.3 is 0 Å². The number of hydrazine groups is 1. The summed E-state index contributed by atoms with van der Waals surface area (Å²) >= 11 is 0. The fourth-order valence-electron chi connectivity index (χ4n) is 4.72. The van der Waals surface area contributed by atoms with E-state index in [1.807, 2.05) is 0 Å². The van der Waals surface area contributed by atoms with Crippen molar-refractivity contribution in [3.63, 3.8) is 0 Å². The first-order chi connectivity index (χ1) is 14.8. The van der Waals surface area contributed by atoms with Gasteiger partial charge in [0.1, 0.15) is 0 Å². The molecule has 0 aliphatic carbocycles. The lowest BCUT2D eigenvalue weighted by Gasteiger charge is -2.41. The van der Waals surface area contributed by atoms with Crippen LogP contribution in [0.2, 0.25) is 0 Å². The van der Waals surface area contributed by atoms with Crippen LogP contribution in [0.3, 0.4) is 0 Å². The third-order valence-corrected chi connectivity index (χ3v) is 6.23. The molecule has 5 rings (SSSR count). The number of nitrogens with zero attached hydrogens (tertiary/aromatic N) is 2. The van der Waals surface area contributed by atoms with E-state index in [2.05, 4.69) is 94.8 Å². The van der Waals surface area contributed by atoms with E-state index in [0.29, 0.717) is 0 Å². The number of hydrogen-bond donors (Lipinski definition) is 0. The number of hydrogen-bond acceptors (Lipinski definition) is 2. The summed E-state index contributed by atoms with van der Waals surface area (Å²) < 4.78 is 0. The molecule has 1 aliphatic rings. The zero-order chi connectivity index (χ0) is 20.3. The largest absolute Gasteiger partial charge is 0.305 e. The van der Waals surface area contributed by atoms with Crippen LogP contribution in [0.25, 0.3) is 21.5 Å². The molecule has 4 aromatic carbocycles. The third-order valence-electron chi connectivity index (χ3n) is 6.23. The van der Waals surface area contributed by atoms with Gasteiger partial charge in [0.25, 0.3) is 0 Å². The van der Waals surface area contributed by atoms with Crippen LogP contribution in [0.1, 0.15) is 24.0 Å². The zero-order valence-electron chi connectivity index (χ0n) is 17.2. The van der Waals surface area contributed by atoms with Gasteiger partial charge in [0.2, 0.25) is 0 Å². The van der Waals surface area contributed by atoms with Gasteiger partial charge in [0.05, 0.1) is 5.69 Å². The molecule has 30 heavy (non-hydrogen) atoms. The quantitative estimate of drug-likeness (QED) is 0.392. The molecule has 0 radical (unpaired) electrons. The first kappa shape index (κ1) is 18.7. The van der Waals surface area contributed by atoms with Gasteiger partial charge in [-0.2, -0.15) is 0 Å². The van der Waals surface area contributed by atoms with Gasteiger partial charge in [0, 0.05) is 30.6 Å². The number of fused-ring (bicyclic) bond motifs is 2. The minimum atomic E-state index is 0.966. The Balaban J connectivity index is 1.46. The summed E-state index contributed by atoms with van der Waals surface area (Å²) in [6.07, 6.45) is 9.26. The maximum Gasteiger partial charge on any atom is 0.0601 e. The molecule has 0 bridgehead atoms. The highest BCUT2D eigenvalue weighted by molar-refractivity contribution is 5.98. The second kappa shape index (κ2) is 8.22.